The third kappa shape index (κ3) is 1.89. The minimum atomic E-state index is -0.135. The van der Waals surface area contributed by atoms with Crippen LogP contribution in [0.2, 0.25) is 5.02 Å². The molecule has 0 unspecified atom stereocenters. The van der Waals surface area contributed by atoms with Gasteiger partial charge in [-0.1, -0.05) is 16.8 Å². The van der Waals surface area contributed by atoms with Gasteiger partial charge < -0.3 is 20.1 Å². The quantitative estimate of drug-likeness (QED) is 0.861. The monoisotopic (exact) mass is 254 g/mol. The average Bonchev–Trinajstić information content (AvgIpc) is 2.70. The topological polar surface area (TPSA) is 81.5 Å². The number of aromatic hydroxyl groups is 1. The molecule has 0 spiro atoms. The van der Waals surface area contributed by atoms with Crippen LogP contribution in [0.3, 0.4) is 0 Å². The number of methoxy groups -OCH3 is 1. The van der Waals surface area contributed by atoms with Gasteiger partial charge in [-0.15, -0.1) is 0 Å². The first kappa shape index (κ1) is 11.6. The summed E-state index contributed by atoms with van der Waals surface area (Å²) in [6.45, 7) is 1.82. The average molecular weight is 255 g/mol. The Hall–Kier alpha value is -1.88. The fourth-order valence-corrected chi connectivity index (χ4v) is 1.94. The van der Waals surface area contributed by atoms with Gasteiger partial charge in [0.1, 0.15) is 0 Å². The van der Waals surface area contributed by atoms with Crippen LogP contribution < -0.4 is 10.5 Å². The Morgan fingerprint density at radius 3 is 2.71 bits per heavy atom. The van der Waals surface area contributed by atoms with Gasteiger partial charge in [0, 0.05) is 11.6 Å². The third-order valence-electron chi connectivity index (χ3n) is 2.40. The van der Waals surface area contributed by atoms with Crippen molar-refractivity contribution in [3.8, 4) is 22.8 Å². The Morgan fingerprint density at radius 1 is 1.47 bits per heavy atom. The summed E-state index contributed by atoms with van der Waals surface area (Å²) in [6.07, 6.45) is 0. The maximum absolute atomic E-state index is 9.82. The van der Waals surface area contributed by atoms with Crippen LogP contribution in [0, 0.1) is 6.92 Å². The number of benzene rings is 1. The smallest absolute Gasteiger partial charge is 0.177 e. The van der Waals surface area contributed by atoms with Crippen LogP contribution >= 0.6 is 11.6 Å². The maximum Gasteiger partial charge on any atom is 0.177 e. The molecule has 2 rings (SSSR count). The number of hydrogen-bond acceptors (Lipinski definition) is 5. The third-order valence-corrected chi connectivity index (χ3v) is 2.77. The van der Waals surface area contributed by atoms with Crippen molar-refractivity contribution in [2.75, 3.05) is 12.8 Å². The normalized spacial score (nSPS) is 10.5. The number of rotatable bonds is 2. The van der Waals surface area contributed by atoms with Crippen molar-refractivity contribution in [3.63, 3.8) is 0 Å². The molecule has 0 fully saturated rings. The lowest BCUT2D eigenvalue weighted by atomic mass is 10.1. The molecule has 0 atom stereocenters. The van der Waals surface area contributed by atoms with E-state index in [0.717, 1.165) is 5.56 Å². The van der Waals surface area contributed by atoms with E-state index in [-0.39, 0.29) is 16.6 Å². The molecule has 2 aromatic rings. The summed E-state index contributed by atoms with van der Waals surface area (Å²) in [6, 6.07) is 3.20. The number of ether oxygens (including phenoxy) is 1. The zero-order valence-electron chi connectivity index (χ0n) is 9.32. The first-order valence-corrected chi connectivity index (χ1v) is 5.21. The Balaban J connectivity index is 2.66. The zero-order chi connectivity index (χ0) is 12.6. The van der Waals surface area contributed by atoms with Crippen LogP contribution in [0.4, 0.5) is 5.82 Å². The van der Waals surface area contributed by atoms with E-state index in [2.05, 4.69) is 5.16 Å². The van der Waals surface area contributed by atoms with Crippen LogP contribution in [0.1, 0.15) is 5.56 Å². The number of aryl methyl sites for hydroxylation is 1. The summed E-state index contributed by atoms with van der Waals surface area (Å²) >= 11 is 6.07. The van der Waals surface area contributed by atoms with Crippen LogP contribution in [0.5, 0.6) is 11.5 Å². The van der Waals surface area contributed by atoms with E-state index in [4.69, 9.17) is 26.6 Å². The Morgan fingerprint density at radius 2 is 2.18 bits per heavy atom. The molecule has 90 valence electrons. The second-order valence-corrected chi connectivity index (χ2v) is 3.93. The first-order chi connectivity index (χ1) is 8.04. The lowest BCUT2D eigenvalue weighted by Crippen LogP contribution is -1.90. The Bertz CT molecular complexity index is 566. The second kappa shape index (κ2) is 4.18. The highest BCUT2D eigenvalue weighted by Gasteiger charge is 2.19. The lowest BCUT2D eigenvalue weighted by Gasteiger charge is -2.10. The minimum absolute atomic E-state index is 0.135. The van der Waals surface area contributed by atoms with E-state index < -0.39 is 0 Å². The number of phenols is 1. The van der Waals surface area contributed by atoms with Gasteiger partial charge in [0.15, 0.2) is 23.1 Å². The van der Waals surface area contributed by atoms with Crippen LogP contribution in [-0.2, 0) is 0 Å². The number of hydrogen-bond donors (Lipinski definition) is 2. The molecule has 1 aromatic heterocycles. The first-order valence-electron chi connectivity index (χ1n) is 4.83. The SMILES string of the molecule is COc1cc(C)c(-c2cc(N)no2)c(Cl)c1O. The van der Waals surface area contributed by atoms with E-state index >= 15 is 0 Å². The number of nitrogens with zero attached hydrogens (tertiary/aromatic N) is 1. The molecule has 0 saturated heterocycles. The number of nitrogens with two attached hydrogens (primary N) is 1. The van der Waals surface area contributed by atoms with Crippen molar-refractivity contribution < 1.29 is 14.4 Å². The minimum Gasteiger partial charge on any atom is -0.503 e. The number of halogens is 1. The van der Waals surface area contributed by atoms with E-state index in [9.17, 15) is 5.11 Å². The molecule has 5 nitrogen and oxygen atoms in total. The van der Waals surface area contributed by atoms with Crippen molar-refractivity contribution in [1.82, 2.24) is 5.16 Å². The molecule has 0 saturated carbocycles. The molecule has 0 bridgehead atoms. The molecular formula is C11H11ClN2O3. The second-order valence-electron chi connectivity index (χ2n) is 3.55. The van der Waals surface area contributed by atoms with Gasteiger partial charge in [0.2, 0.25) is 0 Å². The molecule has 1 heterocycles. The van der Waals surface area contributed by atoms with E-state index in [0.29, 0.717) is 17.1 Å². The van der Waals surface area contributed by atoms with E-state index in [1.807, 2.05) is 6.92 Å². The van der Waals surface area contributed by atoms with Gasteiger partial charge in [0.05, 0.1) is 12.1 Å². The molecule has 0 aliphatic carbocycles. The molecule has 0 aliphatic rings. The highest BCUT2D eigenvalue weighted by molar-refractivity contribution is 6.35. The summed E-state index contributed by atoms with van der Waals surface area (Å²) in [5.41, 5.74) is 6.82. The highest BCUT2D eigenvalue weighted by atomic mass is 35.5. The Kier molecular flexibility index (Phi) is 2.85. The van der Waals surface area contributed by atoms with Gasteiger partial charge in [-0.2, -0.15) is 0 Å². The van der Waals surface area contributed by atoms with Gasteiger partial charge in [0.25, 0.3) is 0 Å². The van der Waals surface area contributed by atoms with Crippen LogP contribution in [0.15, 0.2) is 16.7 Å². The number of phenolic OH excluding ortho intramolecular Hbond substituents is 1. The summed E-state index contributed by atoms with van der Waals surface area (Å²) in [5, 5.41) is 13.6. The van der Waals surface area contributed by atoms with E-state index in [1.54, 1.807) is 12.1 Å². The van der Waals surface area contributed by atoms with Crippen LogP contribution in [0.25, 0.3) is 11.3 Å². The summed E-state index contributed by atoms with van der Waals surface area (Å²) in [4.78, 5) is 0. The van der Waals surface area contributed by atoms with Gasteiger partial charge >= 0.3 is 0 Å². The summed E-state index contributed by atoms with van der Waals surface area (Å²) in [7, 11) is 1.46. The van der Waals surface area contributed by atoms with Gasteiger partial charge in [-0.3, -0.25) is 0 Å². The highest BCUT2D eigenvalue weighted by Crippen LogP contribution is 2.43. The van der Waals surface area contributed by atoms with Crippen molar-refractivity contribution in [2.24, 2.45) is 0 Å². The molecule has 0 amide bonds. The molecule has 0 radical (unpaired) electrons. The van der Waals surface area contributed by atoms with Crippen molar-refractivity contribution in [2.45, 2.75) is 6.92 Å². The molecule has 17 heavy (non-hydrogen) atoms. The lowest BCUT2D eigenvalue weighted by molar-refractivity contribution is 0.373. The van der Waals surface area contributed by atoms with Crippen molar-refractivity contribution in [1.29, 1.82) is 0 Å². The molecule has 6 heteroatoms. The van der Waals surface area contributed by atoms with Crippen LogP contribution in [-0.4, -0.2) is 17.4 Å². The summed E-state index contributed by atoms with van der Waals surface area (Å²) < 4.78 is 10.0. The number of nitrogen functional groups attached to an aromatic ring is 1. The number of aromatic nitrogens is 1. The predicted octanol–water partition coefficient (Wildman–Crippen LogP) is 2.60. The summed E-state index contributed by atoms with van der Waals surface area (Å²) in [5.74, 6) is 0.835. The molecule has 1 aromatic carbocycles. The molecule has 3 N–H and O–H groups in total. The van der Waals surface area contributed by atoms with Gasteiger partial charge in [-0.25, -0.2) is 0 Å². The molecule has 0 aliphatic heterocycles. The molecular weight excluding hydrogens is 244 g/mol. The van der Waals surface area contributed by atoms with Crippen molar-refractivity contribution in [3.05, 3.63) is 22.7 Å². The fraction of sp³-hybridized carbons (Fsp3) is 0.182. The predicted molar refractivity (Wildman–Crippen MR) is 64.3 cm³/mol. The zero-order valence-corrected chi connectivity index (χ0v) is 10.1. The van der Waals surface area contributed by atoms with Crippen molar-refractivity contribution >= 4 is 17.4 Å². The fourth-order valence-electron chi connectivity index (χ4n) is 1.60. The van der Waals surface area contributed by atoms with E-state index in [1.165, 1.54) is 7.11 Å². The maximum atomic E-state index is 9.82. The largest absolute Gasteiger partial charge is 0.503 e. The Labute approximate surface area is 103 Å². The standard InChI is InChI=1S/C11H11ClN2O3/c1-5-3-7(16-2)11(15)10(12)9(5)6-4-8(13)14-17-6/h3-4,15H,1-2H3,(H2,13,14). The number of anilines is 1. The van der Waals surface area contributed by atoms with Gasteiger partial charge in [-0.05, 0) is 18.6 Å².